The molecule has 0 saturated carbocycles. The van der Waals surface area contributed by atoms with Crippen molar-refractivity contribution in [3.63, 3.8) is 0 Å². The number of hydrogen-bond acceptors (Lipinski definition) is 2. The van der Waals surface area contributed by atoms with E-state index in [2.05, 4.69) is 41.7 Å². The number of hydrogen-bond donors (Lipinski definition) is 0. The molecule has 0 amide bonds. The molecular weight excluding hydrogens is 280 g/mol. The van der Waals surface area contributed by atoms with E-state index in [9.17, 15) is 4.79 Å². The van der Waals surface area contributed by atoms with Gasteiger partial charge in [-0.15, -0.1) is 0 Å². The lowest BCUT2D eigenvalue weighted by Crippen LogP contribution is -2.34. The Morgan fingerprint density at radius 2 is 2.00 bits per heavy atom. The Hall–Kier alpha value is -0.640. The van der Waals surface area contributed by atoms with Crippen LogP contribution in [0.4, 0.5) is 0 Å². The van der Waals surface area contributed by atoms with E-state index in [-0.39, 0.29) is 11.1 Å². The Balaban J connectivity index is 3.07. The van der Waals surface area contributed by atoms with Crippen LogP contribution in [0.5, 0.6) is 0 Å². The fourth-order valence-electron chi connectivity index (χ4n) is 1.77. The van der Waals surface area contributed by atoms with Gasteiger partial charge in [0, 0.05) is 23.3 Å². The lowest BCUT2D eigenvalue weighted by molar-refractivity contribution is 0.235. The summed E-state index contributed by atoms with van der Waals surface area (Å²) < 4.78 is 1.77. The maximum Gasteiger partial charge on any atom is 0.347 e. The molecule has 0 aliphatic rings. The van der Waals surface area contributed by atoms with E-state index in [0.717, 1.165) is 16.7 Å². The molecule has 0 fully saturated rings. The topological polar surface area (TPSA) is 34.9 Å². The Bertz CT molecular complexity index is 446. The molecule has 1 heterocycles. The van der Waals surface area contributed by atoms with Crippen molar-refractivity contribution in [2.75, 3.05) is 5.33 Å². The standard InChI is InChI=1S/C13H21BrN2O/c1-9-6-10(2)16(12(17)15-9)8-11(7-14)13(3,4)5/h6,11H,7-8H2,1-5H3. The quantitative estimate of drug-likeness (QED) is 0.805. The van der Waals surface area contributed by atoms with Gasteiger partial charge >= 0.3 is 5.69 Å². The SMILES string of the molecule is Cc1cc(C)n(CC(CBr)C(C)(C)C)c(=O)n1. The molecule has 0 aliphatic heterocycles. The van der Waals surface area contributed by atoms with Crippen molar-refractivity contribution in [3.8, 4) is 0 Å². The average molecular weight is 301 g/mol. The molecule has 3 nitrogen and oxygen atoms in total. The molecule has 0 radical (unpaired) electrons. The van der Waals surface area contributed by atoms with Gasteiger partial charge in [0.25, 0.3) is 0 Å². The Morgan fingerprint density at radius 1 is 1.41 bits per heavy atom. The molecule has 0 bridgehead atoms. The van der Waals surface area contributed by atoms with Gasteiger partial charge in [0.2, 0.25) is 0 Å². The zero-order valence-electron chi connectivity index (χ0n) is 11.2. The predicted molar refractivity (Wildman–Crippen MR) is 74.7 cm³/mol. The molecule has 17 heavy (non-hydrogen) atoms. The Morgan fingerprint density at radius 3 is 2.41 bits per heavy atom. The third-order valence-corrected chi connectivity index (χ3v) is 3.94. The van der Waals surface area contributed by atoms with Crippen molar-refractivity contribution in [2.24, 2.45) is 11.3 Å². The second-order valence-corrected chi connectivity index (χ2v) is 6.30. The van der Waals surface area contributed by atoms with E-state index in [1.165, 1.54) is 0 Å². The molecule has 1 rings (SSSR count). The molecule has 0 spiro atoms. The maximum atomic E-state index is 11.9. The summed E-state index contributed by atoms with van der Waals surface area (Å²) in [7, 11) is 0. The minimum absolute atomic E-state index is 0.141. The van der Waals surface area contributed by atoms with Gasteiger partial charge in [-0.25, -0.2) is 4.79 Å². The van der Waals surface area contributed by atoms with E-state index >= 15 is 0 Å². The summed E-state index contributed by atoms with van der Waals surface area (Å²) >= 11 is 3.54. The number of alkyl halides is 1. The lowest BCUT2D eigenvalue weighted by Gasteiger charge is -2.30. The van der Waals surface area contributed by atoms with Crippen LogP contribution in [0.3, 0.4) is 0 Å². The van der Waals surface area contributed by atoms with Crippen LogP contribution in [0.15, 0.2) is 10.9 Å². The van der Waals surface area contributed by atoms with Gasteiger partial charge in [-0.05, 0) is 31.2 Å². The average Bonchev–Trinajstić information content (AvgIpc) is 2.14. The summed E-state index contributed by atoms with van der Waals surface area (Å²) in [5.41, 5.74) is 1.80. The second kappa shape index (κ2) is 5.34. The summed E-state index contributed by atoms with van der Waals surface area (Å²) in [6.45, 7) is 11.1. The van der Waals surface area contributed by atoms with E-state index in [0.29, 0.717) is 12.5 Å². The largest absolute Gasteiger partial charge is 0.347 e. The first-order valence-corrected chi connectivity index (χ1v) is 6.99. The first kappa shape index (κ1) is 14.4. The van der Waals surface area contributed by atoms with Crippen molar-refractivity contribution in [3.05, 3.63) is 27.9 Å². The van der Waals surface area contributed by atoms with Gasteiger partial charge in [0.15, 0.2) is 0 Å². The van der Waals surface area contributed by atoms with Gasteiger partial charge in [-0.3, -0.25) is 4.57 Å². The normalized spacial score (nSPS) is 13.8. The van der Waals surface area contributed by atoms with Crippen LogP contribution < -0.4 is 5.69 Å². The number of nitrogens with zero attached hydrogens (tertiary/aromatic N) is 2. The van der Waals surface area contributed by atoms with Gasteiger partial charge < -0.3 is 0 Å². The lowest BCUT2D eigenvalue weighted by atomic mass is 9.82. The number of aryl methyl sites for hydroxylation is 2. The van der Waals surface area contributed by atoms with Crippen LogP contribution in [0.25, 0.3) is 0 Å². The monoisotopic (exact) mass is 300 g/mol. The van der Waals surface area contributed by atoms with Crippen molar-refractivity contribution in [2.45, 2.75) is 41.2 Å². The van der Waals surface area contributed by atoms with Crippen molar-refractivity contribution >= 4 is 15.9 Å². The van der Waals surface area contributed by atoms with Gasteiger partial charge in [-0.2, -0.15) is 4.98 Å². The van der Waals surface area contributed by atoms with Crippen LogP contribution in [0.1, 0.15) is 32.2 Å². The molecule has 96 valence electrons. The van der Waals surface area contributed by atoms with E-state index in [4.69, 9.17) is 0 Å². The summed E-state index contributed by atoms with van der Waals surface area (Å²) in [5.74, 6) is 0.406. The zero-order valence-corrected chi connectivity index (χ0v) is 12.8. The van der Waals surface area contributed by atoms with Gasteiger partial charge in [0.05, 0.1) is 0 Å². The molecule has 1 unspecified atom stereocenters. The van der Waals surface area contributed by atoms with Gasteiger partial charge in [-0.1, -0.05) is 36.7 Å². The minimum Gasteiger partial charge on any atom is -0.296 e. The van der Waals surface area contributed by atoms with Crippen LogP contribution in [-0.2, 0) is 6.54 Å². The molecule has 0 aliphatic carbocycles. The molecule has 0 saturated heterocycles. The van der Waals surface area contributed by atoms with Crippen LogP contribution in [0, 0.1) is 25.2 Å². The van der Waals surface area contributed by atoms with Crippen LogP contribution in [-0.4, -0.2) is 14.9 Å². The third-order valence-electron chi connectivity index (χ3n) is 3.16. The highest BCUT2D eigenvalue weighted by molar-refractivity contribution is 9.09. The fourth-order valence-corrected chi connectivity index (χ4v) is 2.95. The minimum atomic E-state index is -0.141. The molecule has 0 N–H and O–H groups in total. The van der Waals surface area contributed by atoms with Crippen LogP contribution in [0.2, 0.25) is 0 Å². The van der Waals surface area contributed by atoms with E-state index < -0.39 is 0 Å². The highest BCUT2D eigenvalue weighted by Crippen LogP contribution is 2.28. The zero-order chi connectivity index (χ0) is 13.2. The second-order valence-electron chi connectivity index (χ2n) is 5.65. The first-order valence-electron chi connectivity index (χ1n) is 5.86. The molecule has 1 aromatic heterocycles. The van der Waals surface area contributed by atoms with E-state index in [1.807, 2.05) is 19.9 Å². The van der Waals surface area contributed by atoms with Crippen LogP contribution >= 0.6 is 15.9 Å². The smallest absolute Gasteiger partial charge is 0.296 e. The molecule has 4 heteroatoms. The van der Waals surface area contributed by atoms with Gasteiger partial charge in [0.1, 0.15) is 0 Å². The number of rotatable bonds is 3. The summed E-state index contributed by atoms with van der Waals surface area (Å²) in [5, 5.41) is 0.885. The Kier molecular flexibility index (Phi) is 4.53. The van der Waals surface area contributed by atoms with Crippen molar-refractivity contribution in [1.82, 2.24) is 9.55 Å². The number of halogens is 1. The highest BCUT2D eigenvalue weighted by Gasteiger charge is 2.24. The van der Waals surface area contributed by atoms with Crippen molar-refractivity contribution in [1.29, 1.82) is 0 Å². The Labute approximate surface area is 111 Å². The fraction of sp³-hybridized carbons (Fsp3) is 0.692. The molecular formula is C13H21BrN2O. The first-order chi connectivity index (χ1) is 7.75. The summed E-state index contributed by atoms with van der Waals surface area (Å²) in [6.07, 6.45) is 0. The number of aromatic nitrogens is 2. The highest BCUT2D eigenvalue weighted by atomic mass is 79.9. The summed E-state index contributed by atoms with van der Waals surface area (Å²) in [4.78, 5) is 15.9. The predicted octanol–water partition coefficient (Wildman–Crippen LogP) is 2.92. The molecule has 1 aromatic rings. The molecule has 0 aromatic carbocycles. The van der Waals surface area contributed by atoms with E-state index in [1.54, 1.807) is 4.57 Å². The maximum absolute atomic E-state index is 11.9. The third kappa shape index (κ3) is 3.66. The van der Waals surface area contributed by atoms with Crippen molar-refractivity contribution < 1.29 is 0 Å². The molecule has 1 atom stereocenters. The summed E-state index contributed by atoms with van der Waals surface area (Å²) in [6, 6.07) is 1.95.